The highest BCUT2D eigenvalue weighted by Gasteiger charge is 2.11. The van der Waals surface area contributed by atoms with E-state index in [1.807, 2.05) is 30.3 Å². The van der Waals surface area contributed by atoms with Crippen molar-refractivity contribution in [1.82, 2.24) is 9.55 Å². The molecule has 110 valence electrons. The third-order valence-corrected chi connectivity index (χ3v) is 4.37. The van der Waals surface area contributed by atoms with Gasteiger partial charge in [-0.05, 0) is 29.8 Å². The standard InChI is InChI=1S/C17H14FN3S/c18-14-6-3-5-13(11-14)12-22-17-20-15-7-1-2-8-16(15)21(17)10-4-9-19/h1-3,5-8,11H,4,10,12H2. The van der Waals surface area contributed by atoms with E-state index in [4.69, 9.17) is 5.26 Å². The Morgan fingerprint density at radius 2 is 2.05 bits per heavy atom. The number of rotatable bonds is 5. The molecule has 0 unspecified atom stereocenters. The molecule has 3 rings (SSSR count). The number of nitrogens with zero attached hydrogens (tertiary/aromatic N) is 3. The monoisotopic (exact) mass is 311 g/mol. The number of aryl methyl sites for hydroxylation is 1. The van der Waals surface area contributed by atoms with Gasteiger partial charge in [0.25, 0.3) is 0 Å². The number of halogens is 1. The van der Waals surface area contributed by atoms with Crippen molar-refractivity contribution in [3.8, 4) is 6.07 Å². The molecular formula is C17H14FN3S. The second-order valence-corrected chi connectivity index (χ2v) is 5.80. The van der Waals surface area contributed by atoms with E-state index in [1.54, 1.807) is 17.8 Å². The smallest absolute Gasteiger partial charge is 0.169 e. The minimum atomic E-state index is -0.226. The van der Waals surface area contributed by atoms with Gasteiger partial charge < -0.3 is 4.57 Å². The highest BCUT2D eigenvalue weighted by atomic mass is 32.2. The Bertz CT molecular complexity index is 835. The second kappa shape index (κ2) is 6.63. The van der Waals surface area contributed by atoms with Crippen molar-refractivity contribution >= 4 is 22.8 Å². The van der Waals surface area contributed by atoms with Gasteiger partial charge in [0.1, 0.15) is 5.82 Å². The maximum Gasteiger partial charge on any atom is 0.169 e. The summed E-state index contributed by atoms with van der Waals surface area (Å²) in [4.78, 5) is 4.63. The van der Waals surface area contributed by atoms with Crippen LogP contribution in [-0.2, 0) is 12.3 Å². The Morgan fingerprint density at radius 3 is 2.86 bits per heavy atom. The number of benzene rings is 2. The summed E-state index contributed by atoms with van der Waals surface area (Å²) in [5.41, 5.74) is 2.87. The van der Waals surface area contributed by atoms with Gasteiger partial charge in [-0.2, -0.15) is 5.26 Å². The van der Waals surface area contributed by atoms with Gasteiger partial charge in [-0.3, -0.25) is 0 Å². The first-order valence-electron chi connectivity index (χ1n) is 6.97. The van der Waals surface area contributed by atoms with E-state index < -0.39 is 0 Å². The molecule has 0 aliphatic carbocycles. The van der Waals surface area contributed by atoms with Crippen molar-refractivity contribution in [3.63, 3.8) is 0 Å². The molecule has 0 saturated heterocycles. The van der Waals surface area contributed by atoms with E-state index in [2.05, 4.69) is 15.6 Å². The lowest BCUT2D eigenvalue weighted by Gasteiger charge is -2.06. The van der Waals surface area contributed by atoms with Crippen LogP contribution in [0.25, 0.3) is 11.0 Å². The van der Waals surface area contributed by atoms with Crippen LogP contribution >= 0.6 is 11.8 Å². The van der Waals surface area contributed by atoms with Gasteiger partial charge >= 0.3 is 0 Å². The van der Waals surface area contributed by atoms with E-state index in [0.29, 0.717) is 18.7 Å². The lowest BCUT2D eigenvalue weighted by atomic mass is 10.2. The van der Waals surface area contributed by atoms with Crippen LogP contribution in [0.15, 0.2) is 53.7 Å². The molecule has 3 aromatic rings. The van der Waals surface area contributed by atoms with E-state index in [0.717, 1.165) is 21.8 Å². The van der Waals surface area contributed by atoms with Crippen molar-refractivity contribution in [1.29, 1.82) is 5.26 Å². The van der Waals surface area contributed by atoms with E-state index >= 15 is 0 Å². The maximum absolute atomic E-state index is 13.2. The molecule has 0 bridgehead atoms. The fraction of sp³-hybridized carbons (Fsp3) is 0.176. The molecule has 0 fully saturated rings. The molecule has 0 N–H and O–H groups in total. The molecule has 3 nitrogen and oxygen atoms in total. The number of aromatic nitrogens is 2. The summed E-state index contributed by atoms with van der Waals surface area (Å²) in [6.07, 6.45) is 0.438. The maximum atomic E-state index is 13.2. The molecule has 22 heavy (non-hydrogen) atoms. The zero-order chi connectivity index (χ0) is 15.4. The third-order valence-electron chi connectivity index (χ3n) is 3.32. The lowest BCUT2D eigenvalue weighted by Crippen LogP contribution is -1.99. The van der Waals surface area contributed by atoms with Crippen LogP contribution in [0.5, 0.6) is 0 Å². The van der Waals surface area contributed by atoms with Crippen LogP contribution in [0.2, 0.25) is 0 Å². The summed E-state index contributed by atoms with van der Waals surface area (Å²) >= 11 is 1.56. The van der Waals surface area contributed by atoms with Gasteiger partial charge in [0.2, 0.25) is 0 Å². The number of hydrogen-bond donors (Lipinski definition) is 0. The van der Waals surface area contributed by atoms with Crippen molar-refractivity contribution < 1.29 is 4.39 Å². The molecule has 0 saturated carbocycles. The SMILES string of the molecule is N#CCCn1c(SCc2cccc(F)c2)nc2ccccc21. The Balaban J connectivity index is 1.87. The largest absolute Gasteiger partial charge is 0.318 e. The Labute approximate surface area is 132 Å². The zero-order valence-electron chi connectivity index (χ0n) is 11.9. The van der Waals surface area contributed by atoms with Crippen LogP contribution in [-0.4, -0.2) is 9.55 Å². The minimum Gasteiger partial charge on any atom is -0.318 e. The van der Waals surface area contributed by atoms with Crippen LogP contribution in [0.1, 0.15) is 12.0 Å². The number of para-hydroxylation sites is 2. The number of imidazole rings is 1. The highest BCUT2D eigenvalue weighted by Crippen LogP contribution is 2.27. The molecule has 0 aliphatic heterocycles. The number of nitriles is 1. The van der Waals surface area contributed by atoms with Gasteiger partial charge in [-0.15, -0.1) is 0 Å². The fourth-order valence-corrected chi connectivity index (χ4v) is 3.30. The Morgan fingerprint density at radius 1 is 1.18 bits per heavy atom. The Hall–Kier alpha value is -2.32. The van der Waals surface area contributed by atoms with Crippen LogP contribution in [0, 0.1) is 17.1 Å². The van der Waals surface area contributed by atoms with Crippen molar-refractivity contribution in [3.05, 3.63) is 59.9 Å². The summed E-state index contributed by atoms with van der Waals surface area (Å²) < 4.78 is 15.3. The van der Waals surface area contributed by atoms with Crippen LogP contribution in [0.4, 0.5) is 4.39 Å². The molecule has 0 spiro atoms. The molecule has 0 aliphatic rings. The highest BCUT2D eigenvalue weighted by molar-refractivity contribution is 7.98. The zero-order valence-corrected chi connectivity index (χ0v) is 12.7. The summed E-state index contributed by atoms with van der Waals surface area (Å²) in [6, 6.07) is 16.6. The minimum absolute atomic E-state index is 0.226. The number of thioether (sulfide) groups is 1. The number of hydrogen-bond acceptors (Lipinski definition) is 3. The summed E-state index contributed by atoms with van der Waals surface area (Å²) in [7, 11) is 0. The predicted molar refractivity (Wildman–Crippen MR) is 85.9 cm³/mol. The van der Waals surface area contributed by atoms with Crippen molar-refractivity contribution in [2.75, 3.05) is 0 Å². The summed E-state index contributed by atoms with van der Waals surface area (Å²) in [6.45, 7) is 0.614. The lowest BCUT2D eigenvalue weighted by molar-refractivity contribution is 0.626. The van der Waals surface area contributed by atoms with Crippen molar-refractivity contribution in [2.45, 2.75) is 23.9 Å². The molecular weight excluding hydrogens is 297 g/mol. The first-order valence-corrected chi connectivity index (χ1v) is 7.96. The van der Waals surface area contributed by atoms with Crippen LogP contribution in [0.3, 0.4) is 0 Å². The van der Waals surface area contributed by atoms with E-state index in [1.165, 1.54) is 12.1 Å². The number of fused-ring (bicyclic) bond motifs is 1. The first-order chi connectivity index (χ1) is 10.8. The van der Waals surface area contributed by atoms with Gasteiger partial charge in [0, 0.05) is 12.3 Å². The molecule has 0 radical (unpaired) electrons. The third kappa shape index (κ3) is 3.12. The summed E-state index contributed by atoms with van der Waals surface area (Å²) in [5.74, 6) is 0.421. The first kappa shape index (κ1) is 14.6. The average molecular weight is 311 g/mol. The van der Waals surface area contributed by atoms with Gasteiger partial charge in [-0.1, -0.05) is 36.0 Å². The molecule has 0 atom stereocenters. The molecule has 1 aromatic heterocycles. The van der Waals surface area contributed by atoms with Gasteiger partial charge in [0.05, 0.1) is 23.5 Å². The molecule has 5 heteroatoms. The summed E-state index contributed by atoms with van der Waals surface area (Å²) in [5, 5.41) is 9.70. The topological polar surface area (TPSA) is 41.6 Å². The van der Waals surface area contributed by atoms with E-state index in [9.17, 15) is 4.39 Å². The Kier molecular flexibility index (Phi) is 4.40. The molecule has 0 amide bonds. The predicted octanol–water partition coefficient (Wildman–Crippen LogP) is 4.38. The van der Waals surface area contributed by atoms with Crippen LogP contribution < -0.4 is 0 Å². The van der Waals surface area contributed by atoms with Crippen molar-refractivity contribution in [2.24, 2.45) is 0 Å². The second-order valence-electron chi connectivity index (χ2n) is 4.86. The molecule has 1 heterocycles. The average Bonchev–Trinajstić information content (AvgIpc) is 2.88. The van der Waals surface area contributed by atoms with E-state index in [-0.39, 0.29) is 5.82 Å². The van der Waals surface area contributed by atoms with Gasteiger partial charge in [-0.25, -0.2) is 9.37 Å². The van der Waals surface area contributed by atoms with Gasteiger partial charge in [0.15, 0.2) is 5.16 Å². The fourth-order valence-electron chi connectivity index (χ4n) is 2.32. The quantitative estimate of drug-likeness (QED) is 0.657. The normalized spacial score (nSPS) is 10.7. The molecule has 2 aromatic carbocycles.